The molecule has 12 heavy (non-hydrogen) atoms. The van der Waals surface area contributed by atoms with Crippen molar-refractivity contribution in [3.05, 3.63) is 11.9 Å². The van der Waals surface area contributed by atoms with E-state index in [2.05, 4.69) is 15.3 Å². The smallest absolute Gasteiger partial charge is 0.356 e. The first kappa shape index (κ1) is 8.89. The highest BCUT2D eigenvalue weighted by atomic mass is 19.4. The van der Waals surface area contributed by atoms with Gasteiger partial charge in [0.1, 0.15) is 5.69 Å². The lowest BCUT2D eigenvalue weighted by Crippen LogP contribution is -2.05. The Morgan fingerprint density at radius 1 is 1.58 bits per heavy atom. The van der Waals surface area contributed by atoms with E-state index in [4.69, 9.17) is 0 Å². The van der Waals surface area contributed by atoms with E-state index in [1.165, 1.54) is 0 Å². The molecule has 0 atom stereocenters. The fraction of sp³-hybridized carbons (Fsp3) is 0.500. The van der Waals surface area contributed by atoms with Gasteiger partial charge in [-0.25, -0.2) is 4.98 Å². The zero-order chi connectivity index (χ0) is 9.19. The van der Waals surface area contributed by atoms with E-state index in [1.54, 1.807) is 6.92 Å². The Labute approximate surface area is 67.0 Å². The fourth-order valence-corrected chi connectivity index (χ4v) is 0.723. The quantitative estimate of drug-likeness (QED) is 0.727. The molecule has 1 aromatic rings. The van der Waals surface area contributed by atoms with Crippen molar-refractivity contribution in [1.29, 1.82) is 0 Å². The molecule has 2 N–H and O–H groups in total. The van der Waals surface area contributed by atoms with Gasteiger partial charge in [-0.05, 0) is 6.92 Å². The topological polar surface area (TPSA) is 40.7 Å². The molecule has 0 aromatic carbocycles. The van der Waals surface area contributed by atoms with Crippen LogP contribution in [0.3, 0.4) is 0 Å². The van der Waals surface area contributed by atoms with Gasteiger partial charge in [-0.3, -0.25) is 0 Å². The summed E-state index contributed by atoms with van der Waals surface area (Å²) < 4.78 is 35.8. The Balaban J connectivity index is 2.77. The van der Waals surface area contributed by atoms with Gasteiger partial charge in [0, 0.05) is 6.54 Å². The third-order valence-corrected chi connectivity index (χ3v) is 1.23. The normalized spacial score (nSPS) is 11.7. The average molecular weight is 179 g/mol. The van der Waals surface area contributed by atoms with E-state index in [0.29, 0.717) is 6.54 Å². The first-order chi connectivity index (χ1) is 5.54. The summed E-state index contributed by atoms with van der Waals surface area (Å²) in [6.45, 7) is 2.31. The summed E-state index contributed by atoms with van der Waals surface area (Å²) in [7, 11) is 0. The lowest BCUT2D eigenvalue weighted by Gasteiger charge is -2.01. The van der Waals surface area contributed by atoms with E-state index < -0.39 is 11.9 Å². The molecule has 0 unspecified atom stereocenters. The minimum atomic E-state index is -4.35. The zero-order valence-electron chi connectivity index (χ0n) is 6.37. The van der Waals surface area contributed by atoms with Gasteiger partial charge < -0.3 is 10.3 Å². The average Bonchev–Trinajstić information content (AvgIpc) is 2.35. The number of alkyl halides is 3. The number of hydrogen-bond donors (Lipinski definition) is 2. The Bertz CT molecular complexity index is 253. The molecule has 68 valence electrons. The highest BCUT2D eigenvalue weighted by Gasteiger charge is 2.32. The van der Waals surface area contributed by atoms with Gasteiger partial charge in [-0.2, -0.15) is 13.2 Å². The van der Waals surface area contributed by atoms with Gasteiger partial charge in [0.25, 0.3) is 0 Å². The van der Waals surface area contributed by atoms with Gasteiger partial charge >= 0.3 is 6.18 Å². The number of nitrogens with one attached hydrogen (secondary N) is 2. The van der Waals surface area contributed by atoms with Crippen LogP contribution in [-0.2, 0) is 6.18 Å². The number of aromatic amines is 1. The lowest BCUT2D eigenvalue weighted by molar-refractivity contribution is -0.140. The maximum absolute atomic E-state index is 11.9. The zero-order valence-corrected chi connectivity index (χ0v) is 6.37. The highest BCUT2D eigenvalue weighted by Crippen LogP contribution is 2.27. The minimum Gasteiger partial charge on any atom is -0.356 e. The molecular weight excluding hydrogens is 171 g/mol. The molecule has 1 heterocycles. The van der Waals surface area contributed by atoms with E-state index in [0.717, 1.165) is 6.20 Å². The molecular formula is C6H8F3N3. The van der Waals surface area contributed by atoms with Crippen molar-refractivity contribution < 1.29 is 13.2 Å². The van der Waals surface area contributed by atoms with Gasteiger partial charge in [0.05, 0.1) is 6.20 Å². The van der Waals surface area contributed by atoms with Crippen LogP contribution in [0.1, 0.15) is 12.6 Å². The van der Waals surface area contributed by atoms with Crippen LogP contribution in [-0.4, -0.2) is 16.5 Å². The first-order valence-electron chi connectivity index (χ1n) is 3.40. The second kappa shape index (κ2) is 3.04. The number of hydrogen-bond acceptors (Lipinski definition) is 2. The van der Waals surface area contributed by atoms with Gasteiger partial charge in [0.15, 0.2) is 0 Å². The van der Waals surface area contributed by atoms with E-state index in [9.17, 15) is 13.2 Å². The predicted octanol–water partition coefficient (Wildman–Crippen LogP) is 1.86. The van der Waals surface area contributed by atoms with Crippen LogP contribution >= 0.6 is 0 Å². The number of rotatable bonds is 2. The number of H-pyrrole nitrogens is 1. The summed E-state index contributed by atoms with van der Waals surface area (Å²) >= 11 is 0. The van der Waals surface area contributed by atoms with Crippen molar-refractivity contribution in [3.8, 4) is 0 Å². The second-order valence-corrected chi connectivity index (χ2v) is 2.17. The van der Waals surface area contributed by atoms with Crippen molar-refractivity contribution in [2.24, 2.45) is 0 Å². The highest BCUT2D eigenvalue weighted by molar-refractivity contribution is 5.26. The van der Waals surface area contributed by atoms with E-state index in [-0.39, 0.29) is 5.95 Å². The molecule has 0 aliphatic carbocycles. The van der Waals surface area contributed by atoms with Gasteiger partial charge in [0.2, 0.25) is 5.95 Å². The molecule has 1 rings (SSSR count). The second-order valence-electron chi connectivity index (χ2n) is 2.17. The molecule has 3 nitrogen and oxygen atoms in total. The molecule has 0 fully saturated rings. The number of anilines is 1. The van der Waals surface area contributed by atoms with Crippen LogP contribution in [0.15, 0.2) is 6.20 Å². The minimum absolute atomic E-state index is 0.143. The third kappa shape index (κ3) is 1.90. The lowest BCUT2D eigenvalue weighted by atomic mass is 10.5. The van der Waals surface area contributed by atoms with Gasteiger partial charge in [-0.1, -0.05) is 0 Å². The molecule has 0 radical (unpaired) electrons. The van der Waals surface area contributed by atoms with E-state index >= 15 is 0 Å². The van der Waals surface area contributed by atoms with Crippen molar-refractivity contribution in [1.82, 2.24) is 9.97 Å². The SMILES string of the molecule is CCNc1ncc(C(F)(F)F)[nH]1. The van der Waals surface area contributed by atoms with Crippen LogP contribution in [0.2, 0.25) is 0 Å². The molecule has 1 aromatic heterocycles. The number of halogens is 3. The Morgan fingerprint density at radius 3 is 2.67 bits per heavy atom. The number of imidazole rings is 1. The molecule has 0 amide bonds. The summed E-state index contributed by atoms with van der Waals surface area (Å²) in [5, 5.41) is 2.63. The van der Waals surface area contributed by atoms with Crippen LogP contribution in [0.25, 0.3) is 0 Å². The number of aromatic nitrogens is 2. The molecule has 0 bridgehead atoms. The Hall–Kier alpha value is -1.20. The fourth-order valence-electron chi connectivity index (χ4n) is 0.723. The van der Waals surface area contributed by atoms with Crippen LogP contribution in [0.5, 0.6) is 0 Å². The molecule has 0 saturated heterocycles. The van der Waals surface area contributed by atoms with Crippen molar-refractivity contribution in [3.63, 3.8) is 0 Å². The maximum Gasteiger partial charge on any atom is 0.432 e. The maximum atomic E-state index is 11.9. The summed E-state index contributed by atoms with van der Waals surface area (Å²) in [5.74, 6) is 0.143. The van der Waals surface area contributed by atoms with Crippen molar-refractivity contribution in [2.45, 2.75) is 13.1 Å². The monoisotopic (exact) mass is 179 g/mol. The molecule has 0 aliphatic rings. The van der Waals surface area contributed by atoms with Crippen LogP contribution in [0, 0.1) is 0 Å². The van der Waals surface area contributed by atoms with E-state index in [1.807, 2.05) is 0 Å². The van der Waals surface area contributed by atoms with Crippen LogP contribution < -0.4 is 5.32 Å². The van der Waals surface area contributed by atoms with Gasteiger partial charge in [-0.15, -0.1) is 0 Å². The van der Waals surface area contributed by atoms with Crippen molar-refractivity contribution in [2.75, 3.05) is 11.9 Å². The molecule has 6 heteroatoms. The molecule has 0 spiro atoms. The summed E-state index contributed by atoms with van der Waals surface area (Å²) in [4.78, 5) is 5.59. The first-order valence-corrected chi connectivity index (χ1v) is 3.40. The largest absolute Gasteiger partial charge is 0.432 e. The Morgan fingerprint density at radius 2 is 2.25 bits per heavy atom. The Kier molecular flexibility index (Phi) is 2.25. The summed E-state index contributed by atoms with van der Waals surface area (Å²) in [6, 6.07) is 0. The summed E-state index contributed by atoms with van der Waals surface area (Å²) in [5.41, 5.74) is -0.835. The number of nitrogens with zero attached hydrogens (tertiary/aromatic N) is 1. The molecule has 0 saturated carbocycles. The summed E-state index contributed by atoms with van der Waals surface area (Å²) in [6.07, 6.45) is -3.58. The van der Waals surface area contributed by atoms with Crippen LogP contribution in [0.4, 0.5) is 19.1 Å². The predicted molar refractivity (Wildman–Crippen MR) is 37.8 cm³/mol. The standard InChI is InChI=1S/C6H8F3N3/c1-2-10-5-11-3-4(12-5)6(7,8)9/h3H,2H2,1H3,(H2,10,11,12). The molecule has 0 aliphatic heterocycles. The third-order valence-electron chi connectivity index (χ3n) is 1.23. The van der Waals surface area contributed by atoms with Crippen molar-refractivity contribution >= 4 is 5.95 Å².